The van der Waals surface area contributed by atoms with E-state index in [4.69, 9.17) is 4.74 Å². The Hall–Kier alpha value is -2.36. The van der Waals surface area contributed by atoms with E-state index in [9.17, 15) is 4.79 Å². The Labute approximate surface area is 130 Å². The molecule has 4 nitrogen and oxygen atoms in total. The number of hydrogen-bond donors (Lipinski definition) is 1. The van der Waals surface area contributed by atoms with Crippen molar-refractivity contribution in [2.24, 2.45) is 0 Å². The number of pyridine rings is 1. The third-order valence-corrected chi connectivity index (χ3v) is 3.76. The molecule has 114 valence electrons. The number of carbonyl (C=O) groups excluding carboxylic acids is 1. The van der Waals surface area contributed by atoms with Crippen LogP contribution in [0.1, 0.15) is 36.8 Å². The van der Waals surface area contributed by atoms with Crippen LogP contribution in [0, 0.1) is 0 Å². The first-order valence-corrected chi connectivity index (χ1v) is 7.65. The summed E-state index contributed by atoms with van der Waals surface area (Å²) >= 11 is 0. The Morgan fingerprint density at radius 1 is 1.32 bits per heavy atom. The number of benzene rings is 1. The highest BCUT2D eigenvalue weighted by atomic mass is 16.5. The van der Waals surface area contributed by atoms with Gasteiger partial charge in [0.05, 0.1) is 0 Å². The van der Waals surface area contributed by atoms with Gasteiger partial charge in [-0.15, -0.1) is 0 Å². The fourth-order valence-electron chi connectivity index (χ4n) is 2.33. The van der Waals surface area contributed by atoms with Gasteiger partial charge in [0, 0.05) is 18.9 Å². The highest BCUT2D eigenvalue weighted by Gasteiger charge is 2.23. The number of para-hydroxylation sites is 1. The van der Waals surface area contributed by atoms with E-state index >= 15 is 0 Å². The molecule has 0 unspecified atom stereocenters. The average molecular weight is 296 g/mol. The molecule has 0 bridgehead atoms. The molecule has 1 heterocycles. The molecule has 1 aromatic heterocycles. The Kier molecular flexibility index (Phi) is 4.37. The summed E-state index contributed by atoms with van der Waals surface area (Å²) in [5.41, 5.74) is 2.31. The molecule has 0 saturated heterocycles. The number of amides is 1. The molecule has 1 aromatic carbocycles. The monoisotopic (exact) mass is 296 g/mol. The minimum atomic E-state index is -0.526. The number of hydrogen-bond acceptors (Lipinski definition) is 3. The van der Waals surface area contributed by atoms with Crippen LogP contribution in [0.2, 0.25) is 0 Å². The van der Waals surface area contributed by atoms with E-state index in [0.29, 0.717) is 18.2 Å². The second-order valence-electron chi connectivity index (χ2n) is 5.69. The molecular formula is C18H20N2O2. The van der Waals surface area contributed by atoms with Crippen LogP contribution in [0.5, 0.6) is 5.75 Å². The number of carbonyl (C=O) groups is 1. The average Bonchev–Trinajstić information content (AvgIpc) is 3.39. The Balaban J connectivity index is 1.52. The Morgan fingerprint density at radius 3 is 2.82 bits per heavy atom. The molecule has 0 radical (unpaired) electrons. The van der Waals surface area contributed by atoms with Crippen molar-refractivity contribution in [2.75, 3.05) is 0 Å². The number of nitrogens with one attached hydrogen (secondary N) is 1. The smallest absolute Gasteiger partial charge is 0.261 e. The van der Waals surface area contributed by atoms with Gasteiger partial charge in [-0.25, -0.2) is 0 Å². The quantitative estimate of drug-likeness (QED) is 0.891. The molecular weight excluding hydrogens is 276 g/mol. The third-order valence-electron chi connectivity index (χ3n) is 3.76. The largest absolute Gasteiger partial charge is 0.481 e. The second-order valence-corrected chi connectivity index (χ2v) is 5.69. The third kappa shape index (κ3) is 3.85. The topological polar surface area (TPSA) is 51.2 Å². The SMILES string of the molecule is C[C@H](Oc1ccccc1)C(=O)NCc1cncc(C2CC2)c1. The molecule has 1 N–H and O–H groups in total. The van der Waals surface area contributed by atoms with Crippen molar-refractivity contribution < 1.29 is 9.53 Å². The Morgan fingerprint density at radius 2 is 2.09 bits per heavy atom. The summed E-state index contributed by atoms with van der Waals surface area (Å²) < 4.78 is 5.61. The molecule has 22 heavy (non-hydrogen) atoms. The van der Waals surface area contributed by atoms with Gasteiger partial charge in [0.2, 0.25) is 0 Å². The predicted octanol–water partition coefficient (Wildman–Crippen LogP) is 3.04. The zero-order valence-electron chi connectivity index (χ0n) is 12.7. The van der Waals surface area contributed by atoms with Crippen LogP contribution in [-0.4, -0.2) is 17.0 Å². The number of ether oxygens (including phenoxy) is 1. The molecule has 3 rings (SSSR count). The normalized spacial score (nSPS) is 15.1. The van der Waals surface area contributed by atoms with Gasteiger partial charge < -0.3 is 10.1 Å². The van der Waals surface area contributed by atoms with Crippen LogP contribution in [0.25, 0.3) is 0 Å². The van der Waals surface area contributed by atoms with Crippen LogP contribution >= 0.6 is 0 Å². The fourth-order valence-corrected chi connectivity index (χ4v) is 2.33. The molecule has 1 atom stereocenters. The van der Waals surface area contributed by atoms with Crippen molar-refractivity contribution in [1.82, 2.24) is 10.3 Å². The minimum absolute atomic E-state index is 0.124. The molecule has 1 saturated carbocycles. The first-order valence-electron chi connectivity index (χ1n) is 7.65. The van der Waals surface area contributed by atoms with Gasteiger partial charge in [-0.2, -0.15) is 0 Å². The lowest BCUT2D eigenvalue weighted by Crippen LogP contribution is -2.35. The van der Waals surface area contributed by atoms with Crippen molar-refractivity contribution in [1.29, 1.82) is 0 Å². The van der Waals surface area contributed by atoms with E-state index in [1.165, 1.54) is 18.4 Å². The summed E-state index contributed by atoms with van der Waals surface area (Å²) in [7, 11) is 0. The van der Waals surface area contributed by atoms with Crippen LogP contribution in [0.4, 0.5) is 0 Å². The van der Waals surface area contributed by atoms with Crippen molar-refractivity contribution in [2.45, 2.75) is 38.3 Å². The van der Waals surface area contributed by atoms with Crippen molar-refractivity contribution in [3.63, 3.8) is 0 Å². The van der Waals surface area contributed by atoms with Crippen LogP contribution in [-0.2, 0) is 11.3 Å². The van der Waals surface area contributed by atoms with Gasteiger partial charge in [-0.3, -0.25) is 9.78 Å². The summed E-state index contributed by atoms with van der Waals surface area (Å²) in [6, 6.07) is 11.5. The number of nitrogens with zero attached hydrogens (tertiary/aromatic N) is 1. The lowest BCUT2D eigenvalue weighted by Gasteiger charge is -2.14. The molecule has 0 aliphatic heterocycles. The summed E-state index contributed by atoms with van der Waals surface area (Å²) in [6.07, 6.45) is 5.69. The van der Waals surface area contributed by atoms with Crippen LogP contribution in [0.3, 0.4) is 0 Å². The maximum Gasteiger partial charge on any atom is 0.261 e. The maximum atomic E-state index is 12.1. The molecule has 2 aromatic rings. The highest BCUT2D eigenvalue weighted by Crippen LogP contribution is 2.39. The fraction of sp³-hybridized carbons (Fsp3) is 0.333. The van der Waals surface area contributed by atoms with E-state index in [-0.39, 0.29) is 5.91 Å². The van der Waals surface area contributed by atoms with Gasteiger partial charge in [0.15, 0.2) is 6.10 Å². The van der Waals surface area contributed by atoms with Crippen molar-refractivity contribution in [3.8, 4) is 5.75 Å². The summed E-state index contributed by atoms with van der Waals surface area (Å²) in [6.45, 7) is 2.23. The summed E-state index contributed by atoms with van der Waals surface area (Å²) in [4.78, 5) is 16.3. The summed E-state index contributed by atoms with van der Waals surface area (Å²) in [5, 5.41) is 2.90. The second kappa shape index (κ2) is 6.60. The molecule has 1 aliphatic carbocycles. The Bertz CT molecular complexity index is 639. The van der Waals surface area contributed by atoms with Gasteiger partial charge >= 0.3 is 0 Å². The first kappa shape index (κ1) is 14.6. The maximum absolute atomic E-state index is 12.1. The van der Waals surface area contributed by atoms with Gasteiger partial charge in [-0.05, 0) is 48.9 Å². The lowest BCUT2D eigenvalue weighted by molar-refractivity contribution is -0.127. The molecule has 4 heteroatoms. The summed E-state index contributed by atoms with van der Waals surface area (Å²) in [5.74, 6) is 1.24. The zero-order valence-corrected chi connectivity index (χ0v) is 12.7. The molecule has 1 amide bonds. The van der Waals surface area contributed by atoms with Crippen molar-refractivity contribution >= 4 is 5.91 Å². The van der Waals surface area contributed by atoms with E-state index in [2.05, 4.69) is 16.4 Å². The number of rotatable bonds is 6. The van der Waals surface area contributed by atoms with Crippen LogP contribution < -0.4 is 10.1 Å². The number of aromatic nitrogens is 1. The van der Waals surface area contributed by atoms with Gasteiger partial charge in [0.25, 0.3) is 5.91 Å². The van der Waals surface area contributed by atoms with E-state index < -0.39 is 6.10 Å². The molecule has 0 spiro atoms. The standard InChI is InChI=1S/C18H20N2O2/c1-13(22-17-5-3-2-4-6-17)18(21)20-11-14-9-16(12-19-10-14)15-7-8-15/h2-6,9-10,12-13,15H,7-8,11H2,1H3,(H,20,21)/t13-/m0/s1. The van der Waals surface area contributed by atoms with Crippen molar-refractivity contribution in [3.05, 3.63) is 59.9 Å². The predicted molar refractivity (Wildman–Crippen MR) is 84.6 cm³/mol. The highest BCUT2D eigenvalue weighted by molar-refractivity contribution is 5.80. The van der Waals surface area contributed by atoms with E-state index in [1.807, 2.05) is 36.5 Å². The zero-order chi connectivity index (χ0) is 15.4. The molecule has 1 aliphatic rings. The van der Waals surface area contributed by atoms with Gasteiger partial charge in [0.1, 0.15) is 5.75 Å². The van der Waals surface area contributed by atoms with Gasteiger partial charge in [-0.1, -0.05) is 24.3 Å². The lowest BCUT2D eigenvalue weighted by atomic mass is 10.1. The molecule has 1 fully saturated rings. The first-order chi connectivity index (χ1) is 10.7. The minimum Gasteiger partial charge on any atom is -0.481 e. The van der Waals surface area contributed by atoms with E-state index in [0.717, 1.165) is 5.56 Å². The van der Waals surface area contributed by atoms with Crippen LogP contribution in [0.15, 0.2) is 48.8 Å². The van der Waals surface area contributed by atoms with E-state index in [1.54, 1.807) is 13.1 Å².